The maximum atomic E-state index is 12.3. The highest BCUT2D eigenvalue weighted by Crippen LogP contribution is 2.30. The molecule has 2 rings (SSSR count). The van der Waals surface area contributed by atoms with Gasteiger partial charge in [0.05, 0.1) is 0 Å². The number of hydrogen-bond donors (Lipinski definition) is 1. The molecule has 3 nitrogen and oxygen atoms in total. The van der Waals surface area contributed by atoms with E-state index in [1.165, 1.54) is 6.20 Å². The molecule has 1 aromatic heterocycles. The Hall–Kier alpha value is -1.04. The van der Waals surface area contributed by atoms with Crippen LogP contribution in [0.15, 0.2) is 6.20 Å². The fraction of sp³-hybridized carbons (Fsp3) is 0.667. The highest BCUT2D eigenvalue weighted by Gasteiger charge is 2.35. The summed E-state index contributed by atoms with van der Waals surface area (Å²) in [5, 5.41) is 0. The van der Waals surface area contributed by atoms with Crippen molar-refractivity contribution in [2.24, 2.45) is 0 Å². The molecule has 1 aliphatic heterocycles. The average molecular weight is 219 g/mol. The summed E-state index contributed by atoms with van der Waals surface area (Å²) in [5.74, 6) is -0.745. The smallest absolute Gasteiger partial charge is 0.338 e. The molecule has 0 spiro atoms. The summed E-state index contributed by atoms with van der Waals surface area (Å²) in [6, 6.07) is 0. The van der Waals surface area contributed by atoms with E-state index in [0.29, 0.717) is 5.69 Å². The molecule has 0 radical (unpaired) electrons. The van der Waals surface area contributed by atoms with E-state index in [1.54, 1.807) is 0 Å². The maximum absolute atomic E-state index is 12.3. The predicted molar refractivity (Wildman–Crippen MR) is 48.4 cm³/mol. The maximum Gasteiger partial charge on any atom is 0.449 e. The lowest BCUT2D eigenvalue weighted by Gasteiger charge is -2.08. The van der Waals surface area contributed by atoms with Gasteiger partial charge in [0.15, 0.2) is 0 Å². The van der Waals surface area contributed by atoms with Crippen LogP contribution in [-0.2, 0) is 6.18 Å². The third kappa shape index (κ3) is 2.14. The van der Waals surface area contributed by atoms with Crippen molar-refractivity contribution in [2.75, 3.05) is 20.1 Å². The molecule has 0 amide bonds. The Bertz CT molecular complexity index is 345. The summed E-state index contributed by atoms with van der Waals surface area (Å²) in [4.78, 5) is 7.81. The van der Waals surface area contributed by atoms with Crippen LogP contribution in [0.3, 0.4) is 0 Å². The molecule has 15 heavy (non-hydrogen) atoms. The van der Waals surface area contributed by atoms with E-state index in [1.807, 2.05) is 7.05 Å². The highest BCUT2D eigenvalue weighted by atomic mass is 19.4. The zero-order chi connectivity index (χ0) is 11.1. The van der Waals surface area contributed by atoms with Crippen LogP contribution in [0.5, 0.6) is 0 Å². The molecule has 84 valence electrons. The second-order valence-corrected chi connectivity index (χ2v) is 3.93. The molecular weight excluding hydrogens is 207 g/mol. The standard InChI is InChI=1S/C9H12F3N3/c1-15-3-2-6(5-15)7-4-13-8(14-7)9(10,11)12/h4,6H,2-3,5H2,1H3,(H,13,14). The number of hydrogen-bond acceptors (Lipinski definition) is 2. The van der Waals surface area contributed by atoms with E-state index >= 15 is 0 Å². The molecule has 1 saturated heterocycles. The van der Waals surface area contributed by atoms with Gasteiger partial charge in [-0.2, -0.15) is 13.2 Å². The summed E-state index contributed by atoms with van der Waals surface area (Å²) in [5.41, 5.74) is 0.590. The Morgan fingerprint density at radius 1 is 1.53 bits per heavy atom. The third-order valence-corrected chi connectivity index (χ3v) is 2.70. The number of aromatic amines is 1. The largest absolute Gasteiger partial charge is 0.449 e. The summed E-state index contributed by atoms with van der Waals surface area (Å²) in [7, 11) is 1.96. The number of alkyl halides is 3. The van der Waals surface area contributed by atoms with Gasteiger partial charge in [0.25, 0.3) is 0 Å². The number of likely N-dealkylation sites (N-methyl/N-ethyl adjacent to an activating group) is 1. The Kier molecular flexibility index (Phi) is 2.46. The van der Waals surface area contributed by atoms with Crippen molar-refractivity contribution in [3.63, 3.8) is 0 Å². The lowest BCUT2D eigenvalue weighted by Crippen LogP contribution is -2.13. The first-order chi connectivity index (χ1) is 6.97. The number of imidazole rings is 1. The molecule has 1 unspecified atom stereocenters. The topological polar surface area (TPSA) is 31.9 Å². The van der Waals surface area contributed by atoms with Crippen LogP contribution in [0.25, 0.3) is 0 Å². The van der Waals surface area contributed by atoms with Crippen molar-refractivity contribution in [1.29, 1.82) is 0 Å². The molecule has 1 atom stereocenters. The zero-order valence-electron chi connectivity index (χ0n) is 8.30. The van der Waals surface area contributed by atoms with E-state index in [4.69, 9.17) is 0 Å². The summed E-state index contributed by atoms with van der Waals surface area (Å²) >= 11 is 0. The molecule has 1 aliphatic rings. The van der Waals surface area contributed by atoms with Crippen LogP contribution >= 0.6 is 0 Å². The van der Waals surface area contributed by atoms with Crippen molar-refractivity contribution < 1.29 is 13.2 Å². The normalized spacial score (nSPS) is 23.6. The molecule has 0 aliphatic carbocycles. The van der Waals surface area contributed by atoms with Crippen LogP contribution in [-0.4, -0.2) is 35.0 Å². The monoisotopic (exact) mass is 219 g/mol. The minimum Gasteiger partial charge on any atom is -0.338 e. The van der Waals surface area contributed by atoms with E-state index in [0.717, 1.165) is 19.5 Å². The number of rotatable bonds is 1. The van der Waals surface area contributed by atoms with Crippen LogP contribution < -0.4 is 0 Å². The van der Waals surface area contributed by atoms with Gasteiger partial charge in [0.2, 0.25) is 5.82 Å². The molecule has 0 saturated carbocycles. The second-order valence-electron chi connectivity index (χ2n) is 3.93. The Morgan fingerprint density at radius 2 is 2.27 bits per heavy atom. The van der Waals surface area contributed by atoms with Gasteiger partial charge < -0.3 is 9.88 Å². The van der Waals surface area contributed by atoms with Crippen molar-refractivity contribution in [1.82, 2.24) is 14.9 Å². The van der Waals surface area contributed by atoms with E-state index in [-0.39, 0.29) is 5.92 Å². The molecule has 0 aromatic carbocycles. The number of likely N-dealkylation sites (tertiary alicyclic amines) is 1. The summed E-state index contributed by atoms with van der Waals surface area (Å²) in [6.07, 6.45) is -2.19. The molecule has 1 aromatic rings. The predicted octanol–water partition coefficient (Wildman–Crippen LogP) is 1.85. The number of nitrogens with zero attached hydrogens (tertiary/aromatic N) is 2. The van der Waals surface area contributed by atoms with Crippen LogP contribution in [0, 0.1) is 0 Å². The Balaban J connectivity index is 2.14. The Morgan fingerprint density at radius 3 is 2.73 bits per heavy atom. The quantitative estimate of drug-likeness (QED) is 0.781. The third-order valence-electron chi connectivity index (χ3n) is 2.70. The van der Waals surface area contributed by atoms with Gasteiger partial charge in [0.1, 0.15) is 0 Å². The summed E-state index contributed by atoms with van der Waals surface area (Å²) in [6.45, 7) is 1.71. The van der Waals surface area contributed by atoms with Crippen molar-refractivity contribution in [3.05, 3.63) is 17.7 Å². The molecule has 0 bridgehead atoms. The lowest BCUT2D eigenvalue weighted by molar-refractivity contribution is -0.144. The number of aromatic nitrogens is 2. The molecule has 1 fully saturated rings. The van der Waals surface area contributed by atoms with E-state index < -0.39 is 12.0 Å². The van der Waals surface area contributed by atoms with Crippen molar-refractivity contribution in [3.8, 4) is 0 Å². The molecular formula is C9H12F3N3. The zero-order valence-corrected chi connectivity index (χ0v) is 8.30. The number of halogens is 3. The van der Waals surface area contributed by atoms with Crippen LogP contribution in [0.1, 0.15) is 23.9 Å². The molecule has 6 heteroatoms. The highest BCUT2D eigenvalue weighted by molar-refractivity contribution is 5.11. The first-order valence-electron chi connectivity index (χ1n) is 4.77. The van der Waals surface area contributed by atoms with Gasteiger partial charge in [0, 0.05) is 24.4 Å². The fourth-order valence-electron chi connectivity index (χ4n) is 1.88. The lowest BCUT2D eigenvalue weighted by atomic mass is 10.1. The van der Waals surface area contributed by atoms with Gasteiger partial charge in [-0.15, -0.1) is 0 Å². The van der Waals surface area contributed by atoms with Gasteiger partial charge in [-0.05, 0) is 20.0 Å². The van der Waals surface area contributed by atoms with Gasteiger partial charge >= 0.3 is 6.18 Å². The van der Waals surface area contributed by atoms with Crippen molar-refractivity contribution >= 4 is 0 Å². The summed E-state index contributed by atoms with van der Waals surface area (Å²) < 4.78 is 36.8. The molecule has 2 heterocycles. The number of H-pyrrole nitrogens is 1. The number of nitrogens with one attached hydrogen (secondary N) is 1. The Labute approximate surface area is 85.3 Å². The minimum absolute atomic E-state index is 0.151. The average Bonchev–Trinajstić information content (AvgIpc) is 2.69. The minimum atomic E-state index is -4.37. The van der Waals surface area contributed by atoms with E-state index in [9.17, 15) is 13.2 Å². The second kappa shape index (κ2) is 3.52. The van der Waals surface area contributed by atoms with Gasteiger partial charge in [-0.3, -0.25) is 0 Å². The van der Waals surface area contributed by atoms with Crippen LogP contribution in [0.4, 0.5) is 13.2 Å². The SMILES string of the molecule is CN1CCC(c2cnc(C(F)(F)F)[nH]2)C1. The van der Waals surface area contributed by atoms with Crippen molar-refractivity contribution in [2.45, 2.75) is 18.5 Å². The first-order valence-corrected chi connectivity index (χ1v) is 4.77. The molecule has 1 N–H and O–H groups in total. The van der Waals surface area contributed by atoms with Crippen LogP contribution in [0.2, 0.25) is 0 Å². The fourth-order valence-corrected chi connectivity index (χ4v) is 1.88. The van der Waals surface area contributed by atoms with Gasteiger partial charge in [-0.1, -0.05) is 0 Å². The van der Waals surface area contributed by atoms with Gasteiger partial charge in [-0.25, -0.2) is 4.98 Å². The first kappa shape index (κ1) is 10.5. The van der Waals surface area contributed by atoms with E-state index in [2.05, 4.69) is 14.9 Å².